The molecule has 21 heavy (non-hydrogen) atoms. The molecule has 2 aromatic carbocycles. The van der Waals surface area contributed by atoms with Crippen LogP contribution in [0.5, 0.6) is 23.0 Å². The van der Waals surface area contributed by atoms with Crippen LogP contribution in [0.25, 0.3) is 0 Å². The van der Waals surface area contributed by atoms with Crippen LogP contribution < -0.4 is 9.47 Å². The third-order valence-corrected chi connectivity index (χ3v) is 2.63. The van der Waals surface area contributed by atoms with Crippen LogP contribution in [0.1, 0.15) is 12.5 Å². The molecule has 0 spiro atoms. The minimum atomic E-state index is -4.64. The van der Waals surface area contributed by atoms with Crippen LogP contribution in [0, 0.1) is 0 Å². The Morgan fingerprint density at radius 1 is 1.00 bits per heavy atom. The second-order valence-electron chi connectivity index (χ2n) is 4.19. The van der Waals surface area contributed by atoms with Crippen molar-refractivity contribution in [3.63, 3.8) is 0 Å². The van der Waals surface area contributed by atoms with Gasteiger partial charge >= 0.3 is 6.18 Å². The molecule has 112 valence electrons. The third kappa shape index (κ3) is 3.81. The van der Waals surface area contributed by atoms with E-state index in [1.807, 2.05) is 6.92 Å². The van der Waals surface area contributed by atoms with Crippen molar-refractivity contribution in [3.05, 3.63) is 48.0 Å². The lowest BCUT2D eigenvalue weighted by Gasteiger charge is -2.12. The van der Waals surface area contributed by atoms with Crippen molar-refractivity contribution in [2.24, 2.45) is 0 Å². The van der Waals surface area contributed by atoms with Crippen LogP contribution in [0.4, 0.5) is 13.2 Å². The highest BCUT2D eigenvalue weighted by Gasteiger charge is 2.34. The van der Waals surface area contributed by atoms with E-state index in [1.165, 1.54) is 6.07 Å². The third-order valence-electron chi connectivity index (χ3n) is 2.63. The molecular weight excluding hydrogens is 285 g/mol. The van der Waals surface area contributed by atoms with Gasteiger partial charge in [-0.15, -0.1) is 0 Å². The highest BCUT2D eigenvalue weighted by Crippen LogP contribution is 2.38. The molecular formula is C15H13F3O3. The van der Waals surface area contributed by atoms with Crippen molar-refractivity contribution < 1.29 is 27.8 Å². The van der Waals surface area contributed by atoms with Gasteiger partial charge < -0.3 is 14.6 Å². The number of alkyl halides is 3. The average molecular weight is 298 g/mol. The molecule has 2 aromatic rings. The summed E-state index contributed by atoms with van der Waals surface area (Å²) in [6, 6.07) is 9.52. The van der Waals surface area contributed by atoms with Crippen molar-refractivity contribution in [3.8, 4) is 23.0 Å². The molecule has 1 N–H and O–H groups in total. The Balaban J connectivity index is 2.26. The number of halogens is 3. The van der Waals surface area contributed by atoms with Gasteiger partial charge in [-0.1, -0.05) is 6.07 Å². The van der Waals surface area contributed by atoms with E-state index in [1.54, 1.807) is 24.3 Å². The second kappa shape index (κ2) is 5.95. The summed E-state index contributed by atoms with van der Waals surface area (Å²) in [7, 11) is 0. The topological polar surface area (TPSA) is 38.7 Å². The van der Waals surface area contributed by atoms with Crippen molar-refractivity contribution in [1.82, 2.24) is 0 Å². The first-order valence-electron chi connectivity index (χ1n) is 6.21. The Morgan fingerprint density at radius 2 is 1.67 bits per heavy atom. The standard InChI is InChI=1S/C15H13F3O3/c1-2-20-10-4-3-5-11(8-10)21-12-6-7-14(19)13(9-12)15(16,17)18/h3-9,19H,2H2,1H3. The van der Waals surface area contributed by atoms with E-state index in [2.05, 4.69) is 0 Å². The maximum absolute atomic E-state index is 12.7. The van der Waals surface area contributed by atoms with Gasteiger partial charge in [0, 0.05) is 6.07 Å². The number of phenols is 1. The largest absolute Gasteiger partial charge is 0.507 e. The zero-order valence-corrected chi connectivity index (χ0v) is 11.1. The Labute approximate surface area is 119 Å². The van der Waals surface area contributed by atoms with Crippen molar-refractivity contribution in [2.45, 2.75) is 13.1 Å². The minimum absolute atomic E-state index is 0.0197. The van der Waals surface area contributed by atoms with Gasteiger partial charge in [-0.25, -0.2) is 0 Å². The number of aromatic hydroxyl groups is 1. The smallest absolute Gasteiger partial charge is 0.420 e. The van der Waals surface area contributed by atoms with Gasteiger partial charge in [-0.2, -0.15) is 13.2 Å². The van der Waals surface area contributed by atoms with Gasteiger partial charge in [0.2, 0.25) is 0 Å². The van der Waals surface area contributed by atoms with E-state index < -0.39 is 17.5 Å². The predicted molar refractivity (Wildman–Crippen MR) is 70.8 cm³/mol. The Hall–Kier alpha value is -2.37. The Morgan fingerprint density at radius 3 is 2.33 bits per heavy atom. The molecule has 0 fully saturated rings. The first-order chi connectivity index (χ1) is 9.90. The molecule has 2 rings (SSSR count). The van der Waals surface area contributed by atoms with Gasteiger partial charge in [0.25, 0.3) is 0 Å². The zero-order valence-electron chi connectivity index (χ0n) is 11.1. The predicted octanol–water partition coefficient (Wildman–Crippen LogP) is 4.60. The molecule has 3 nitrogen and oxygen atoms in total. The molecule has 0 aliphatic carbocycles. The molecule has 0 atom stereocenters. The maximum Gasteiger partial charge on any atom is 0.420 e. The summed E-state index contributed by atoms with van der Waals surface area (Å²) in [5, 5.41) is 9.26. The molecule has 0 saturated carbocycles. The van der Waals surface area contributed by atoms with Gasteiger partial charge in [-0.05, 0) is 37.3 Å². The molecule has 0 amide bonds. The van der Waals surface area contributed by atoms with Gasteiger partial charge in [0.15, 0.2) is 0 Å². The number of ether oxygens (including phenoxy) is 2. The summed E-state index contributed by atoms with van der Waals surface area (Å²) in [6.45, 7) is 2.30. The fraction of sp³-hybridized carbons (Fsp3) is 0.200. The van der Waals surface area contributed by atoms with Gasteiger partial charge in [0.05, 0.1) is 6.61 Å². The first-order valence-corrected chi connectivity index (χ1v) is 6.21. The van der Waals surface area contributed by atoms with Crippen molar-refractivity contribution in [1.29, 1.82) is 0 Å². The first kappa shape index (κ1) is 15.0. The van der Waals surface area contributed by atoms with Crippen LogP contribution in [0.3, 0.4) is 0 Å². The van der Waals surface area contributed by atoms with Crippen LogP contribution in [0.2, 0.25) is 0 Å². The zero-order chi connectivity index (χ0) is 15.5. The van der Waals surface area contributed by atoms with E-state index >= 15 is 0 Å². The number of phenolic OH excluding ortho intramolecular Hbond substituents is 1. The summed E-state index contributed by atoms with van der Waals surface area (Å²) < 4.78 is 48.7. The number of benzene rings is 2. The van der Waals surface area contributed by atoms with E-state index in [9.17, 15) is 18.3 Å². The summed E-state index contributed by atoms with van der Waals surface area (Å²) in [6.07, 6.45) is -4.64. The molecule has 0 unspecified atom stereocenters. The SMILES string of the molecule is CCOc1cccc(Oc2ccc(O)c(C(F)(F)F)c2)c1. The van der Waals surface area contributed by atoms with E-state index in [0.717, 1.165) is 12.1 Å². The van der Waals surface area contributed by atoms with Gasteiger partial charge in [0.1, 0.15) is 28.6 Å². The summed E-state index contributed by atoms with van der Waals surface area (Å²) in [5.74, 6) is 0.0521. The molecule has 0 aromatic heterocycles. The molecule has 0 radical (unpaired) electrons. The van der Waals surface area contributed by atoms with Crippen LogP contribution in [0.15, 0.2) is 42.5 Å². The number of hydrogen-bond donors (Lipinski definition) is 1. The van der Waals surface area contributed by atoms with Crippen molar-refractivity contribution >= 4 is 0 Å². The normalized spacial score (nSPS) is 11.2. The van der Waals surface area contributed by atoms with Crippen LogP contribution >= 0.6 is 0 Å². The van der Waals surface area contributed by atoms with E-state index in [4.69, 9.17) is 9.47 Å². The number of hydrogen-bond acceptors (Lipinski definition) is 3. The van der Waals surface area contributed by atoms with Crippen molar-refractivity contribution in [2.75, 3.05) is 6.61 Å². The summed E-state index contributed by atoms with van der Waals surface area (Å²) >= 11 is 0. The minimum Gasteiger partial charge on any atom is -0.507 e. The fourth-order valence-electron chi connectivity index (χ4n) is 1.74. The quantitative estimate of drug-likeness (QED) is 0.896. The highest BCUT2D eigenvalue weighted by molar-refractivity contribution is 5.43. The molecule has 0 aliphatic rings. The van der Waals surface area contributed by atoms with E-state index in [-0.39, 0.29) is 5.75 Å². The average Bonchev–Trinajstić information content (AvgIpc) is 2.40. The Kier molecular flexibility index (Phi) is 4.26. The molecule has 0 bridgehead atoms. The molecule has 0 aliphatic heterocycles. The number of rotatable bonds is 4. The lowest BCUT2D eigenvalue weighted by Crippen LogP contribution is -2.05. The van der Waals surface area contributed by atoms with E-state index in [0.29, 0.717) is 18.1 Å². The van der Waals surface area contributed by atoms with Crippen LogP contribution in [-0.4, -0.2) is 11.7 Å². The second-order valence-corrected chi connectivity index (χ2v) is 4.19. The lowest BCUT2D eigenvalue weighted by molar-refractivity contribution is -0.138. The monoisotopic (exact) mass is 298 g/mol. The molecule has 0 heterocycles. The lowest BCUT2D eigenvalue weighted by atomic mass is 10.2. The van der Waals surface area contributed by atoms with Gasteiger partial charge in [-0.3, -0.25) is 0 Å². The summed E-state index contributed by atoms with van der Waals surface area (Å²) in [5.41, 5.74) is -1.14. The Bertz CT molecular complexity index is 624. The fourth-order valence-corrected chi connectivity index (χ4v) is 1.74. The van der Waals surface area contributed by atoms with Crippen LogP contribution in [-0.2, 0) is 6.18 Å². The highest BCUT2D eigenvalue weighted by atomic mass is 19.4. The molecule has 0 saturated heterocycles. The molecule has 6 heteroatoms. The summed E-state index contributed by atoms with van der Waals surface area (Å²) in [4.78, 5) is 0. The maximum atomic E-state index is 12.7.